The fourth-order valence-electron chi connectivity index (χ4n) is 3.34. The molecule has 0 bridgehead atoms. The largest absolute Gasteiger partial charge is 0.462 e. The first-order chi connectivity index (χ1) is 15.6. The van der Waals surface area contributed by atoms with E-state index in [2.05, 4.69) is 10.6 Å². The van der Waals surface area contributed by atoms with Gasteiger partial charge in [-0.25, -0.2) is 13.2 Å². The molecule has 0 saturated carbocycles. The maximum Gasteiger partial charge on any atom is 0.338 e. The van der Waals surface area contributed by atoms with Crippen molar-refractivity contribution in [1.82, 2.24) is 4.90 Å². The summed E-state index contributed by atoms with van der Waals surface area (Å²) in [6.45, 7) is 2.93. The highest BCUT2D eigenvalue weighted by Gasteiger charge is 2.25. The minimum atomic E-state index is -3.42. The fourth-order valence-corrected chi connectivity index (χ4v) is 4.25. The number of nitrogens with zero attached hydrogens (tertiary/aromatic N) is 2. The molecule has 10 heteroatoms. The van der Waals surface area contributed by atoms with Crippen molar-refractivity contribution in [1.29, 1.82) is 0 Å². The van der Waals surface area contributed by atoms with Gasteiger partial charge in [0.15, 0.2) is 0 Å². The van der Waals surface area contributed by atoms with Crippen molar-refractivity contribution in [3.63, 3.8) is 0 Å². The van der Waals surface area contributed by atoms with E-state index in [9.17, 15) is 18.0 Å². The van der Waals surface area contributed by atoms with E-state index >= 15 is 0 Å². The molecular weight excluding hydrogens is 444 g/mol. The average Bonchev–Trinajstić information content (AvgIpc) is 3.06. The van der Waals surface area contributed by atoms with Gasteiger partial charge in [-0.05, 0) is 57.4 Å². The van der Waals surface area contributed by atoms with Crippen molar-refractivity contribution in [2.24, 2.45) is 0 Å². The summed E-state index contributed by atoms with van der Waals surface area (Å²) in [5.41, 5.74) is 3.26. The van der Waals surface area contributed by atoms with Crippen LogP contribution in [0.2, 0.25) is 0 Å². The molecule has 0 spiro atoms. The lowest BCUT2D eigenvalue weighted by Crippen LogP contribution is -2.35. The van der Waals surface area contributed by atoms with Gasteiger partial charge in [0.25, 0.3) is 5.91 Å². The summed E-state index contributed by atoms with van der Waals surface area (Å²) in [5, 5.41) is 5.83. The highest BCUT2D eigenvalue weighted by molar-refractivity contribution is 7.92. The van der Waals surface area contributed by atoms with Crippen LogP contribution in [0.1, 0.15) is 22.8 Å². The molecule has 2 aromatic carbocycles. The van der Waals surface area contributed by atoms with Crippen LogP contribution >= 0.6 is 0 Å². The van der Waals surface area contributed by atoms with Crippen molar-refractivity contribution in [3.05, 3.63) is 59.8 Å². The fraction of sp³-hybridized carbons (Fsp3) is 0.304. The van der Waals surface area contributed by atoms with Crippen LogP contribution in [0.3, 0.4) is 0 Å². The molecule has 0 saturated heterocycles. The third-order valence-corrected chi connectivity index (χ3v) is 6.20. The number of nitrogens with one attached hydrogen (secondary N) is 2. The number of rotatable bonds is 9. The Hall–Kier alpha value is -3.37. The van der Waals surface area contributed by atoms with Crippen molar-refractivity contribution in [2.45, 2.75) is 6.92 Å². The molecular formula is C23H28N4O5S. The van der Waals surface area contributed by atoms with Gasteiger partial charge in [0, 0.05) is 36.2 Å². The molecule has 0 aliphatic carbocycles. The number of sulfonamides is 1. The van der Waals surface area contributed by atoms with Crippen LogP contribution in [0.4, 0.5) is 17.1 Å². The molecule has 33 heavy (non-hydrogen) atoms. The van der Waals surface area contributed by atoms with E-state index in [4.69, 9.17) is 4.74 Å². The predicted molar refractivity (Wildman–Crippen MR) is 130 cm³/mol. The smallest absolute Gasteiger partial charge is 0.338 e. The Balaban J connectivity index is 1.76. The minimum absolute atomic E-state index is 0.272. The number of amides is 1. The molecule has 0 radical (unpaired) electrons. The molecule has 9 nitrogen and oxygen atoms in total. The highest BCUT2D eigenvalue weighted by Crippen LogP contribution is 2.33. The Kier molecular flexibility index (Phi) is 7.39. The Labute approximate surface area is 194 Å². The lowest BCUT2D eigenvalue weighted by molar-refractivity contribution is -0.110. The van der Waals surface area contributed by atoms with Gasteiger partial charge < -0.3 is 20.3 Å². The summed E-state index contributed by atoms with van der Waals surface area (Å²) in [5.74, 6) is -0.735. The quantitative estimate of drug-likeness (QED) is 0.427. The number of esters is 1. The number of carbonyl (C=O) groups is 2. The van der Waals surface area contributed by atoms with Gasteiger partial charge in [0.2, 0.25) is 10.0 Å². The van der Waals surface area contributed by atoms with E-state index in [0.717, 1.165) is 0 Å². The first-order valence-corrected chi connectivity index (χ1v) is 12.3. The second-order valence-electron chi connectivity index (χ2n) is 7.82. The summed E-state index contributed by atoms with van der Waals surface area (Å²) in [7, 11) is 0.352. The Bertz CT molecular complexity index is 1170. The minimum Gasteiger partial charge on any atom is -0.462 e. The van der Waals surface area contributed by atoms with E-state index < -0.39 is 16.0 Å². The van der Waals surface area contributed by atoms with Gasteiger partial charge in [-0.3, -0.25) is 9.10 Å². The van der Waals surface area contributed by atoms with Gasteiger partial charge in [-0.2, -0.15) is 0 Å². The molecule has 1 aliphatic heterocycles. The molecule has 1 aliphatic rings. The monoisotopic (exact) mass is 472 g/mol. The first kappa shape index (κ1) is 24.3. The number of likely N-dealkylation sites (N-methyl/N-ethyl adjacent to an activating group) is 1. The maximum absolute atomic E-state index is 12.4. The zero-order chi connectivity index (χ0) is 24.2. The number of ether oxygens (including phenoxy) is 1. The highest BCUT2D eigenvalue weighted by atomic mass is 32.2. The topological polar surface area (TPSA) is 108 Å². The number of carbonyl (C=O) groups excluding carboxylic acids is 2. The maximum atomic E-state index is 12.4. The molecule has 1 heterocycles. The number of hydrogen-bond donors (Lipinski definition) is 2. The molecule has 3 rings (SSSR count). The zero-order valence-corrected chi connectivity index (χ0v) is 19.9. The molecule has 176 valence electrons. The molecule has 0 unspecified atom stereocenters. The molecule has 2 aromatic rings. The van der Waals surface area contributed by atoms with Crippen LogP contribution in [0.5, 0.6) is 0 Å². The van der Waals surface area contributed by atoms with Crippen molar-refractivity contribution >= 4 is 44.5 Å². The van der Waals surface area contributed by atoms with E-state index in [0.29, 0.717) is 46.9 Å². The first-order valence-electron chi connectivity index (χ1n) is 10.4. The van der Waals surface area contributed by atoms with Crippen LogP contribution in [0.25, 0.3) is 5.57 Å². The average molecular weight is 473 g/mol. The van der Waals surface area contributed by atoms with Crippen molar-refractivity contribution in [2.75, 3.05) is 55.0 Å². The Morgan fingerprint density at radius 1 is 1.12 bits per heavy atom. The van der Waals surface area contributed by atoms with E-state index in [1.54, 1.807) is 55.6 Å². The van der Waals surface area contributed by atoms with Crippen molar-refractivity contribution < 1.29 is 22.7 Å². The Morgan fingerprint density at radius 3 is 2.42 bits per heavy atom. The number of benzene rings is 2. The summed E-state index contributed by atoms with van der Waals surface area (Å²) < 4.78 is 30.7. The van der Waals surface area contributed by atoms with Gasteiger partial charge >= 0.3 is 5.97 Å². The molecule has 0 aromatic heterocycles. The van der Waals surface area contributed by atoms with E-state index in [1.807, 2.05) is 19.0 Å². The third kappa shape index (κ3) is 5.91. The number of fused-ring (bicyclic) bond motifs is 1. The zero-order valence-electron chi connectivity index (χ0n) is 19.1. The van der Waals surface area contributed by atoms with E-state index in [1.165, 1.54) is 10.6 Å². The Morgan fingerprint density at radius 2 is 1.82 bits per heavy atom. The normalized spacial score (nSPS) is 14.2. The van der Waals surface area contributed by atoms with Gasteiger partial charge in [0.1, 0.15) is 0 Å². The molecule has 0 fully saturated rings. The summed E-state index contributed by atoms with van der Waals surface area (Å²) in [4.78, 5) is 26.3. The van der Waals surface area contributed by atoms with Crippen LogP contribution in [0, 0.1) is 0 Å². The summed E-state index contributed by atoms with van der Waals surface area (Å²) >= 11 is 0. The van der Waals surface area contributed by atoms with Crippen LogP contribution in [-0.2, 0) is 19.6 Å². The SMILES string of the molecule is CCOC(=O)c1ccc2c(c1)NC(=O)/C2=C/Nc1ccc(N(CCN(C)C)S(C)(=O)=O)cc1. The lowest BCUT2D eigenvalue weighted by Gasteiger charge is -2.24. The second kappa shape index (κ2) is 10.1. The predicted octanol–water partition coefficient (Wildman–Crippen LogP) is 2.60. The van der Waals surface area contributed by atoms with Crippen LogP contribution < -0.4 is 14.9 Å². The second-order valence-corrected chi connectivity index (χ2v) is 9.73. The van der Waals surface area contributed by atoms with Gasteiger partial charge in [0.05, 0.1) is 29.7 Å². The van der Waals surface area contributed by atoms with Crippen LogP contribution in [-0.4, -0.2) is 65.2 Å². The van der Waals surface area contributed by atoms with Crippen molar-refractivity contribution in [3.8, 4) is 0 Å². The number of anilines is 3. The third-order valence-electron chi connectivity index (χ3n) is 5.00. The summed E-state index contributed by atoms with van der Waals surface area (Å²) in [6, 6.07) is 11.8. The molecule has 0 atom stereocenters. The number of hydrogen-bond acceptors (Lipinski definition) is 7. The van der Waals surface area contributed by atoms with Gasteiger partial charge in [-0.15, -0.1) is 0 Å². The van der Waals surface area contributed by atoms with E-state index in [-0.39, 0.29) is 12.5 Å². The summed E-state index contributed by atoms with van der Waals surface area (Å²) in [6.07, 6.45) is 2.77. The lowest BCUT2D eigenvalue weighted by atomic mass is 10.1. The molecule has 1 amide bonds. The molecule has 2 N–H and O–H groups in total. The van der Waals surface area contributed by atoms with Gasteiger partial charge in [-0.1, -0.05) is 6.07 Å². The van der Waals surface area contributed by atoms with Crippen LogP contribution in [0.15, 0.2) is 48.7 Å². The standard InChI is InChI=1S/C23H28N4O5S/c1-5-32-23(29)16-6-11-19-20(22(28)25-21(19)14-16)15-24-17-7-9-18(10-8-17)27(33(4,30)31)13-12-26(2)3/h6-11,14-15,24H,5,12-13H2,1-4H3,(H,25,28)/b20-15+.